The Morgan fingerprint density at radius 2 is 1.31 bits per heavy atom. The normalized spacial score (nSPS) is 12.1. The lowest BCUT2D eigenvalue weighted by Gasteiger charge is -2.23. The number of carbonyl (C=O) groups is 2. The van der Waals surface area contributed by atoms with Gasteiger partial charge in [0.2, 0.25) is 5.75 Å². The number of benzene rings is 3. The second-order valence-corrected chi connectivity index (χ2v) is 11.4. The molecule has 9 heteroatoms. The third-order valence-corrected chi connectivity index (χ3v) is 6.74. The zero-order valence-electron chi connectivity index (χ0n) is 24.9. The summed E-state index contributed by atoms with van der Waals surface area (Å²) in [5.41, 5.74) is 3.64. The summed E-state index contributed by atoms with van der Waals surface area (Å²) in [7, 11) is 0. The number of carbonyl (C=O) groups excluding carboxylic acids is 1. The monoisotopic (exact) mass is 588 g/mol. The zero-order valence-corrected chi connectivity index (χ0v) is 25.7. The maximum Gasteiger partial charge on any atom is 0.336 e. The predicted octanol–water partition coefficient (Wildman–Crippen LogP) is 7.33. The highest BCUT2D eigenvalue weighted by molar-refractivity contribution is 7.00. The van der Waals surface area contributed by atoms with Crippen molar-refractivity contribution in [2.24, 2.45) is 0 Å². The van der Waals surface area contributed by atoms with Crippen LogP contribution in [-0.4, -0.2) is 43.9 Å². The third kappa shape index (κ3) is 7.33. The maximum atomic E-state index is 14.1. The van der Waals surface area contributed by atoms with E-state index in [0.717, 1.165) is 17.3 Å². The molecule has 3 aromatic carbocycles. The molecule has 0 bridgehead atoms. The van der Waals surface area contributed by atoms with E-state index in [2.05, 4.69) is 8.75 Å². The molecule has 0 atom stereocenters. The summed E-state index contributed by atoms with van der Waals surface area (Å²) < 4.78 is 26.9. The van der Waals surface area contributed by atoms with Gasteiger partial charge in [-0.3, -0.25) is 4.79 Å². The van der Waals surface area contributed by atoms with Gasteiger partial charge in [-0.1, -0.05) is 35.9 Å². The van der Waals surface area contributed by atoms with Gasteiger partial charge in [-0.2, -0.15) is 8.75 Å². The maximum absolute atomic E-state index is 14.1. The van der Waals surface area contributed by atoms with E-state index in [9.17, 15) is 14.7 Å². The average molecular weight is 589 g/mol. The van der Waals surface area contributed by atoms with Gasteiger partial charge in [-0.25, -0.2) is 4.79 Å². The molecule has 0 radical (unpaired) electrons. The largest absolute Gasteiger partial charge is 0.487 e. The number of hydrogen-bond donors (Lipinski definition) is 1. The van der Waals surface area contributed by atoms with Gasteiger partial charge in [0.15, 0.2) is 17.3 Å². The van der Waals surface area contributed by atoms with Crippen LogP contribution >= 0.6 is 11.7 Å². The number of rotatable bonds is 12. The van der Waals surface area contributed by atoms with Crippen LogP contribution in [0.5, 0.6) is 17.2 Å². The number of hydrogen-bond acceptors (Lipinski definition) is 8. The van der Waals surface area contributed by atoms with Crippen LogP contribution in [-0.2, 0) is 11.2 Å². The second-order valence-electron chi connectivity index (χ2n) is 10.9. The Labute approximate surface area is 250 Å². The summed E-state index contributed by atoms with van der Waals surface area (Å²) in [5.74, 6) is -0.220. The Morgan fingerprint density at radius 3 is 1.86 bits per heavy atom. The number of aliphatic carboxylic acids is 1. The fourth-order valence-corrected chi connectivity index (χ4v) is 5.02. The van der Waals surface area contributed by atoms with Crippen molar-refractivity contribution in [3.63, 3.8) is 0 Å². The van der Waals surface area contributed by atoms with E-state index in [1.54, 1.807) is 42.5 Å². The van der Waals surface area contributed by atoms with Crippen LogP contribution in [0, 0.1) is 6.92 Å². The first-order chi connectivity index (χ1) is 19.9. The highest BCUT2D eigenvalue weighted by Crippen LogP contribution is 2.42. The predicted molar refractivity (Wildman–Crippen MR) is 165 cm³/mol. The van der Waals surface area contributed by atoms with Gasteiger partial charge in [0.25, 0.3) is 0 Å². The van der Waals surface area contributed by atoms with Crippen molar-refractivity contribution in [3.8, 4) is 17.2 Å². The van der Waals surface area contributed by atoms with Crippen molar-refractivity contribution in [1.82, 2.24) is 8.75 Å². The fourth-order valence-electron chi connectivity index (χ4n) is 4.50. The Kier molecular flexibility index (Phi) is 9.63. The molecule has 0 saturated heterocycles. The lowest BCUT2D eigenvalue weighted by molar-refractivity contribution is -0.130. The number of carboxylic acids is 1. The van der Waals surface area contributed by atoms with Gasteiger partial charge in [-0.05, 0) is 83.9 Å². The summed E-state index contributed by atoms with van der Waals surface area (Å²) in [6, 6.07) is 15.7. The lowest BCUT2D eigenvalue weighted by atomic mass is 9.89. The Bertz CT molecular complexity index is 1590. The first-order valence-electron chi connectivity index (χ1n) is 13.9. The molecule has 0 unspecified atom stereocenters. The molecule has 0 aliphatic carbocycles. The van der Waals surface area contributed by atoms with Gasteiger partial charge >= 0.3 is 5.97 Å². The number of carboxylic acid groups (broad SMARTS) is 1. The molecule has 1 N–H and O–H groups in total. The molecular weight excluding hydrogens is 552 g/mol. The van der Waals surface area contributed by atoms with Crippen molar-refractivity contribution < 1.29 is 28.9 Å². The van der Waals surface area contributed by atoms with E-state index in [1.807, 2.05) is 60.6 Å². The van der Waals surface area contributed by atoms with Crippen LogP contribution in [0.3, 0.4) is 0 Å². The van der Waals surface area contributed by atoms with Crippen molar-refractivity contribution in [3.05, 3.63) is 82.4 Å². The van der Waals surface area contributed by atoms with Crippen molar-refractivity contribution >= 4 is 40.1 Å². The Hall–Kier alpha value is -4.24. The first-order valence-corrected chi connectivity index (χ1v) is 14.6. The Balaban J connectivity index is 1.95. The number of allylic oxidation sites excluding steroid dienone is 1. The summed E-state index contributed by atoms with van der Waals surface area (Å²) in [6.07, 6.45) is -0.475. The van der Waals surface area contributed by atoms with E-state index < -0.39 is 5.97 Å². The molecule has 0 saturated carbocycles. The van der Waals surface area contributed by atoms with E-state index in [-0.39, 0.29) is 41.7 Å². The van der Waals surface area contributed by atoms with Gasteiger partial charge in [-0.15, -0.1) is 0 Å². The zero-order chi connectivity index (χ0) is 30.6. The number of aryl methyl sites for hydroxylation is 1. The smallest absolute Gasteiger partial charge is 0.336 e. The molecule has 8 nitrogen and oxygen atoms in total. The summed E-state index contributed by atoms with van der Waals surface area (Å²) in [6.45, 7) is 13.4. The topological polar surface area (TPSA) is 108 Å². The third-order valence-electron chi connectivity index (χ3n) is 6.19. The summed E-state index contributed by atoms with van der Waals surface area (Å²) >= 11 is 1.05. The van der Waals surface area contributed by atoms with Gasteiger partial charge in [0.1, 0.15) is 11.0 Å². The van der Waals surface area contributed by atoms with E-state index in [0.29, 0.717) is 45.0 Å². The van der Waals surface area contributed by atoms with Crippen LogP contribution in [0.25, 0.3) is 16.6 Å². The number of ether oxygens (including phenoxy) is 3. The fraction of sp³-hybridized carbons (Fsp3) is 0.333. The highest BCUT2D eigenvalue weighted by Gasteiger charge is 2.26. The van der Waals surface area contributed by atoms with Crippen LogP contribution in [0.1, 0.15) is 68.6 Å². The number of Topliss-reactive ketones (excluding diaryl/α,β-unsaturated/α-hetero) is 1. The van der Waals surface area contributed by atoms with Crippen LogP contribution in [0.4, 0.5) is 0 Å². The molecule has 0 aliphatic heterocycles. The number of fused-ring (bicyclic) bond motifs is 1. The SMILES string of the molecule is Cc1ccc(C(=O)/C(Cc2cc(OC(C)C)c(OC(C)C)c(OC(C)C)c2)=C(/C(=O)O)c2ccc3nsnc3c2)cc1. The molecular formula is C33H36N2O6S. The second kappa shape index (κ2) is 13.2. The Morgan fingerprint density at radius 1 is 0.762 bits per heavy atom. The molecule has 0 spiro atoms. The molecule has 0 aliphatic rings. The minimum Gasteiger partial charge on any atom is -0.487 e. The van der Waals surface area contributed by atoms with Crippen molar-refractivity contribution in [2.75, 3.05) is 0 Å². The first kappa shape index (κ1) is 30.7. The van der Waals surface area contributed by atoms with Crippen molar-refractivity contribution in [1.29, 1.82) is 0 Å². The standard InChI is InChI=1S/C33H36N2O6S/c1-18(2)39-28-15-22(16-29(40-19(3)4)32(28)41-20(5)6)14-25(31(36)23-10-8-21(7)9-11-23)30(33(37)38)24-12-13-26-27(17-24)35-42-34-26/h8-13,15-20H,14H2,1-7H3,(H,37,38)/b30-25+. The molecule has 1 heterocycles. The number of aromatic nitrogens is 2. The van der Waals surface area contributed by atoms with Crippen LogP contribution < -0.4 is 14.2 Å². The van der Waals surface area contributed by atoms with E-state index in [4.69, 9.17) is 14.2 Å². The minimum atomic E-state index is -1.22. The molecule has 1 aromatic heterocycles. The molecule has 220 valence electrons. The quantitative estimate of drug-likeness (QED) is 0.135. The summed E-state index contributed by atoms with van der Waals surface area (Å²) in [4.78, 5) is 27.0. The number of ketones is 1. The molecule has 0 amide bonds. The van der Waals surface area contributed by atoms with E-state index >= 15 is 0 Å². The van der Waals surface area contributed by atoms with Crippen LogP contribution in [0.2, 0.25) is 0 Å². The van der Waals surface area contributed by atoms with Gasteiger partial charge in [0, 0.05) is 17.6 Å². The number of nitrogens with zero attached hydrogens (tertiary/aromatic N) is 2. The molecule has 4 rings (SSSR count). The summed E-state index contributed by atoms with van der Waals surface area (Å²) in [5, 5.41) is 10.5. The van der Waals surface area contributed by atoms with Crippen molar-refractivity contribution in [2.45, 2.75) is 73.2 Å². The van der Waals surface area contributed by atoms with E-state index in [1.165, 1.54) is 0 Å². The van der Waals surface area contributed by atoms with Gasteiger partial charge < -0.3 is 19.3 Å². The molecule has 42 heavy (non-hydrogen) atoms. The molecule has 4 aromatic rings. The average Bonchev–Trinajstić information content (AvgIpc) is 3.37. The highest BCUT2D eigenvalue weighted by atomic mass is 32.1. The minimum absolute atomic E-state index is 0.00651. The van der Waals surface area contributed by atoms with Gasteiger partial charge in [0.05, 0.1) is 35.6 Å². The van der Waals surface area contributed by atoms with Crippen LogP contribution in [0.15, 0.2) is 60.2 Å². The lowest BCUT2D eigenvalue weighted by Crippen LogP contribution is -2.16. The molecule has 0 fully saturated rings.